The number of carbonyl (C=O) groups excluding carboxylic acids is 2. The molecule has 2 amide bonds. The molecule has 0 fully saturated rings. The largest absolute Gasteiger partial charge is 0.497 e. The predicted molar refractivity (Wildman–Crippen MR) is 116 cm³/mol. The molecule has 154 valence electrons. The zero-order chi connectivity index (χ0) is 21.3. The summed E-state index contributed by atoms with van der Waals surface area (Å²) in [6.45, 7) is 0.277. The minimum Gasteiger partial charge on any atom is -0.497 e. The summed E-state index contributed by atoms with van der Waals surface area (Å²) >= 11 is 5.92. The van der Waals surface area contributed by atoms with Gasteiger partial charge in [0.05, 0.1) is 7.11 Å². The molecular weight excluding hydrogens is 404 g/mol. The molecule has 2 N–H and O–H groups in total. The minimum absolute atomic E-state index is 0.121. The maximum absolute atomic E-state index is 12.3. The van der Waals surface area contributed by atoms with Crippen LogP contribution < -0.4 is 20.1 Å². The lowest BCUT2D eigenvalue weighted by Gasteiger charge is -2.09. The molecule has 0 aromatic heterocycles. The van der Waals surface area contributed by atoms with Gasteiger partial charge < -0.3 is 20.1 Å². The van der Waals surface area contributed by atoms with Gasteiger partial charge in [0, 0.05) is 22.8 Å². The summed E-state index contributed by atoms with van der Waals surface area (Å²) in [5.41, 5.74) is 2.03. The molecule has 6 nitrogen and oxygen atoms in total. The van der Waals surface area contributed by atoms with E-state index in [1.165, 1.54) is 0 Å². The summed E-state index contributed by atoms with van der Waals surface area (Å²) in [6.07, 6.45) is 0. The van der Waals surface area contributed by atoms with Gasteiger partial charge in [0.25, 0.3) is 11.8 Å². The Kier molecular flexibility index (Phi) is 7.29. The first kappa shape index (κ1) is 21.2. The van der Waals surface area contributed by atoms with Crippen molar-refractivity contribution in [2.45, 2.75) is 6.54 Å². The van der Waals surface area contributed by atoms with Crippen LogP contribution in [0.4, 0.5) is 5.69 Å². The zero-order valence-corrected chi connectivity index (χ0v) is 17.1. The SMILES string of the molecule is COc1ccc(CNC(=O)COc2ccc(C(=O)Nc3cccc(Cl)c3)cc2)cc1. The Morgan fingerprint density at radius 1 is 0.933 bits per heavy atom. The first-order valence-electron chi connectivity index (χ1n) is 9.23. The maximum atomic E-state index is 12.3. The van der Waals surface area contributed by atoms with Gasteiger partial charge in [-0.15, -0.1) is 0 Å². The number of ether oxygens (including phenoxy) is 2. The van der Waals surface area contributed by atoms with Crippen LogP contribution in [0.1, 0.15) is 15.9 Å². The van der Waals surface area contributed by atoms with Crippen LogP contribution in [-0.4, -0.2) is 25.5 Å². The molecule has 3 rings (SSSR count). The van der Waals surface area contributed by atoms with E-state index in [1.807, 2.05) is 24.3 Å². The summed E-state index contributed by atoms with van der Waals surface area (Å²) in [5, 5.41) is 6.10. The van der Waals surface area contributed by atoms with Crippen LogP contribution in [0.5, 0.6) is 11.5 Å². The molecule has 0 atom stereocenters. The van der Waals surface area contributed by atoms with Gasteiger partial charge in [-0.2, -0.15) is 0 Å². The van der Waals surface area contributed by atoms with Gasteiger partial charge in [-0.1, -0.05) is 29.8 Å². The number of nitrogens with one attached hydrogen (secondary N) is 2. The molecule has 0 aliphatic rings. The maximum Gasteiger partial charge on any atom is 0.258 e. The first-order chi connectivity index (χ1) is 14.5. The van der Waals surface area contributed by atoms with Crippen LogP contribution in [0.2, 0.25) is 5.02 Å². The van der Waals surface area contributed by atoms with Crippen LogP contribution in [-0.2, 0) is 11.3 Å². The van der Waals surface area contributed by atoms with Crippen molar-refractivity contribution < 1.29 is 19.1 Å². The van der Waals surface area contributed by atoms with E-state index < -0.39 is 0 Å². The fourth-order valence-corrected chi connectivity index (χ4v) is 2.81. The third-order valence-corrected chi connectivity index (χ3v) is 4.45. The minimum atomic E-state index is -0.263. The molecular formula is C23H21ClN2O4. The molecule has 0 saturated carbocycles. The molecule has 0 aliphatic heterocycles. The van der Waals surface area contributed by atoms with E-state index in [1.54, 1.807) is 55.6 Å². The lowest BCUT2D eigenvalue weighted by Crippen LogP contribution is -2.28. The van der Waals surface area contributed by atoms with Crippen molar-refractivity contribution in [2.75, 3.05) is 19.0 Å². The zero-order valence-electron chi connectivity index (χ0n) is 16.4. The molecule has 30 heavy (non-hydrogen) atoms. The Hall–Kier alpha value is -3.51. The molecule has 0 bridgehead atoms. The topological polar surface area (TPSA) is 76.7 Å². The van der Waals surface area contributed by atoms with Crippen molar-refractivity contribution in [3.63, 3.8) is 0 Å². The highest BCUT2D eigenvalue weighted by Crippen LogP contribution is 2.17. The first-order valence-corrected chi connectivity index (χ1v) is 9.61. The van der Waals surface area contributed by atoms with Gasteiger partial charge in [-0.05, 0) is 60.2 Å². The molecule has 0 radical (unpaired) electrons. The van der Waals surface area contributed by atoms with Gasteiger partial charge in [-0.3, -0.25) is 9.59 Å². The van der Waals surface area contributed by atoms with Gasteiger partial charge >= 0.3 is 0 Å². The van der Waals surface area contributed by atoms with E-state index >= 15 is 0 Å². The summed E-state index contributed by atoms with van der Waals surface area (Å²) in [6, 6.07) is 20.9. The van der Waals surface area contributed by atoms with Crippen molar-refractivity contribution in [3.05, 3.63) is 88.9 Å². The number of methoxy groups -OCH3 is 1. The van der Waals surface area contributed by atoms with Crippen molar-refractivity contribution in [1.29, 1.82) is 0 Å². The second kappa shape index (κ2) is 10.3. The molecule has 0 unspecified atom stereocenters. The second-order valence-corrected chi connectivity index (χ2v) is 6.84. The monoisotopic (exact) mass is 424 g/mol. The van der Waals surface area contributed by atoms with Gasteiger partial charge in [0.2, 0.25) is 0 Å². The highest BCUT2D eigenvalue weighted by atomic mass is 35.5. The Bertz CT molecular complexity index is 1000. The van der Waals surface area contributed by atoms with E-state index in [9.17, 15) is 9.59 Å². The molecule has 0 spiro atoms. The number of carbonyl (C=O) groups is 2. The lowest BCUT2D eigenvalue weighted by molar-refractivity contribution is -0.123. The van der Waals surface area contributed by atoms with Crippen LogP contribution in [0.15, 0.2) is 72.8 Å². The normalized spacial score (nSPS) is 10.2. The predicted octanol–water partition coefficient (Wildman–Crippen LogP) is 4.30. The third kappa shape index (κ3) is 6.25. The smallest absolute Gasteiger partial charge is 0.258 e. The van der Waals surface area contributed by atoms with Crippen molar-refractivity contribution in [2.24, 2.45) is 0 Å². The quantitative estimate of drug-likeness (QED) is 0.565. The van der Waals surface area contributed by atoms with Gasteiger partial charge in [-0.25, -0.2) is 0 Å². The summed E-state index contributed by atoms with van der Waals surface area (Å²) in [5.74, 6) is 0.752. The van der Waals surface area contributed by atoms with Crippen LogP contribution in [0.25, 0.3) is 0 Å². The average Bonchev–Trinajstić information content (AvgIpc) is 2.77. The van der Waals surface area contributed by atoms with Crippen molar-refractivity contribution in [1.82, 2.24) is 5.32 Å². The standard InChI is InChI=1S/C23H21ClN2O4/c1-29-20-9-5-16(6-10-20)14-25-22(27)15-30-21-11-7-17(8-12-21)23(28)26-19-4-2-3-18(24)13-19/h2-13H,14-15H2,1H3,(H,25,27)(H,26,28). The fourth-order valence-electron chi connectivity index (χ4n) is 2.62. The fraction of sp³-hybridized carbons (Fsp3) is 0.130. The van der Waals surface area contributed by atoms with Crippen LogP contribution in [0.3, 0.4) is 0 Å². The number of hydrogen-bond donors (Lipinski definition) is 2. The van der Waals surface area contributed by atoms with E-state index in [0.717, 1.165) is 11.3 Å². The number of rotatable bonds is 8. The Morgan fingerprint density at radius 2 is 1.63 bits per heavy atom. The highest BCUT2D eigenvalue weighted by molar-refractivity contribution is 6.30. The average molecular weight is 425 g/mol. The Balaban J connectivity index is 1.45. The van der Waals surface area contributed by atoms with E-state index in [2.05, 4.69) is 10.6 Å². The lowest BCUT2D eigenvalue weighted by atomic mass is 10.2. The Morgan fingerprint density at radius 3 is 2.30 bits per heavy atom. The van der Waals surface area contributed by atoms with E-state index in [-0.39, 0.29) is 18.4 Å². The van der Waals surface area contributed by atoms with Gasteiger partial charge in [0.15, 0.2) is 6.61 Å². The van der Waals surface area contributed by atoms with Crippen LogP contribution >= 0.6 is 11.6 Å². The van der Waals surface area contributed by atoms with Crippen molar-refractivity contribution in [3.8, 4) is 11.5 Å². The molecule has 0 heterocycles. The molecule has 7 heteroatoms. The van der Waals surface area contributed by atoms with E-state index in [4.69, 9.17) is 21.1 Å². The van der Waals surface area contributed by atoms with Crippen molar-refractivity contribution >= 4 is 29.1 Å². The molecule has 3 aromatic rings. The number of hydrogen-bond acceptors (Lipinski definition) is 4. The number of amides is 2. The highest BCUT2D eigenvalue weighted by Gasteiger charge is 2.08. The molecule has 0 aliphatic carbocycles. The second-order valence-electron chi connectivity index (χ2n) is 6.40. The van der Waals surface area contributed by atoms with E-state index in [0.29, 0.717) is 28.6 Å². The Labute approximate surface area is 179 Å². The number of anilines is 1. The summed E-state index contributed by atoms with van der Waals surface area (Å²) in [4.78, 5) is 24.3. The summed E-state index contributed by atoms with van der Waals surface area (Å²) in [7, 11) is 1.60. The summed E-state index contributed by atoms with van der Waals surface area (Å²) < 4.78 is 10.6. The third-order valence-electron chi connectivity index (χ3n) is 4.22. The van der Waals surface area contributed by atoms with Gasteiger partial charge in [0.1, 0.15) is 11.5 Å². The molecule has 0 saturated heterocycles. The molecule has 3 aromatic carbocycles. The number of halogens is 1. The number of benzene rings is 3. The van der Waals surface area contributed by atoms with Crippen LogP contribution in [0, 0.1) is 0 Å².